The first kappa shape index (κ1) is 24.0. The lowest BCUT2D eigenvalue weighted by molar-refractivity contribution is -0.138. The molecule has 0 saturated carbocycles. The van der Waals surface area contributed by atoms with Crippen molar-refractivity contribution in [3.8, 4) is 22.6 Å². The number of hydrogen-bond donors (Lipinski definition) is 1. The number of rotatable bonds is 5. The molecular formula is C23H19F3N8O3. The van der Waals surface area contributed by atoms with Crippen molar-refractivity contribution in [3.63, 3.8) is 0 Å². The first-order chi connectivity index (χ1) is 17.5. The van der Waals surface area contributed by atoms with E-state index in [9.17, 15) is 22.8 Å². The second kappa shape index (κ2) is 8.72. The van der Waals surface area contributed by atoms with E-state index in [4.69, 9.17) is 10.5 Å². The predicted octanol–water partition coefficient (Wildman–Crippen LogP) is 3.05. The first-order valence-electron chi connectivity index (χ1n) is 10.9. The molecule has 2 amide bonds. The SMILES string of the molecule is Cn1cnnc1-c1cnn(C)c1-c1cc(COC(N)=O)nc(N2Cc3c(cccc3C(F)(F)F)C2=O)c1. The van der Waals surface area contributed by atoms with Crippen LogP contribution in [0.5, 0.6) is 0 Å². The molecule has 0 spiro atoms. The van der Waals surface area contributed by atoms with Gasteiger partial charge in [-0.25, -0.2) is 9.78 Å². The molecule has 0 fully saturated rings. The van der Waals surface area contributed by atoms with E-state index >= 15 is 0 Å². The number of anilines is 1. The Bertz CT molecular complexity index is 1540. The van der Waals surface area contributed by atoms with E-state index in [0.29, 0.717) is 22.6 Å². The predicted molar refractivity (Wildman–Crippen MR) is 123 cm³/mol. The highest BCUT2D eigenvalue weighted by Crippen LogP contribution is 2.39. The molecule has 190 valence electrons. The molecule has 1 aliphatic rings. The normalized spacial score (nSPS) is 13.2. The van der Waals surface area contributed by atoms with Crippen LogP contribution in [-0.4, -0.2) is 41.5 Å². The molecule has 3 aromatic heterocycles. The molecule has 0 bridgehead atoms. The number of aromatic nitrogens is 6. The Labute approximate surface area is 207 Å². The van der Waals surface area contributed by atoms with Gasteiger partial charge in [-0.15, -0.1) is 10.2 Å². The molecule has 2 N–H and O–H groups in total. The van der Waals surface area contributed by atoms with Gasteiger partial charge in [-0.1, -0.05) is 6.07 Å². The smallest absolute Gasteiger partial charge is 0.416 e. The number of nitrogens with two attached hydrogens (primary N) is 1. The van der Waals surface area contributed by atoms with Gasteiger partial charge in [0.15, 0.2) is 5.82 Å². The Hall–Kier alpha value is -4.75. The molecule has 0 atom stereocenters. The number of amides is 2. The van der Waals surface area contributed by atoms with Gasteiger partial charge in [0.1, 0.15) is 18.8 Å². The molecular weight excluding hydrogens is 493 g/mol. The van der Waals surface area contributed by atoms with E-state index in [1.807, 2.05) is 0 Å². The quantitative estimate of drug-likeness (QED) is 0.434. The third-order valence-corrected chi connectivity index (χ3v) is 5.94. The fourth-order valence-electron chi connectivity index (χ4n) is 4.32. The molecule has 37 heavy (non-hydrogen) atoms. The highest BCUT2D eigenvalue weighted by Gasteiger charge is 2.40. The summed E-state index contributed by atoms with van der Waals surface area (Å²) in [6.07, 6.45) is -2.55. The number of carbonyl (C=O) groups is 2. The standard InChI is InChI=1S/C23H19F3N8O3/c1-32-11-28-31-20(32)15-8-29-33(2)19(15)12-6-13(10-37-22(27)36)30-18(7-12)34-9-16-14(21(34)35)4-3-5-17(16)23(24,25)26/h3-8,11H,9-10H2,1-2H3,(H2,27,36). The minimum atomic E-state index is -4.63. The van der Waals surface area contributed by atoms with E-state index in [0.717, 1.165) is 11.0 Å². The molecule has 11 nitrogen and oxygen atoms in total. The van der Waals surface area contributed by atoms with Crippen LogP contribution in [0.3, 0.4) is 0 Å². The summed E-state index contributed by atoms with van der Waals surface area (Å²) in [7, 11) is 3.45. The van der Waals surface area contributed by atoms with Crippen LogP contribution in [0, 0.1) is 0 Å². The summed E-state index contributed by atoms with van der Waals surface area (Å²) < 4.78 is 49.0. The topological polar surface area (TPSA) is 134 Å². The van der Waals surface area contributed by atoms with Crippen molar-refractivity contribution in [2.45, 2.75) is 19.3 Å². The first-order valence-corrected chi connectivity index (χ1v) is 10.9. The van der Waals surface area contributed by atoms with E-state index in [2.05, 4.69) is 20.3 Å². The number of benzene rings is 1. The summed E-state index contributed by atoms with van der Waals surface area (Å²) in [6, 6.07) is 6.65. The van der Waals surface area contributed by atoms with Crippen molar-refractivity contribution in [1.29, 1.82) is 0 Å². The molecule has 4 aromatic rings. The summed E-state index contributed by atoms with van der Waals surface area (Å²) in [5, 5.41) is 12.3. The Morgan fingerprint density at radius 2 is 1.97 bits per heavy atom. The lowest BCUT2D eigenvalue weighted by Crippen LogP contribution is -2.25. The maximum absolute atomic E-state index is 13.6. The molecule has 5 rings (SSSR count). The van der Waals surface area contributed by atoms with E-state index < -0.39 is 23.7 Å². The molecule has 1 aromatic carbocycles. The second-order valence-electron chi connectivity index (χ2n) is 8.33. The zero-order valence-electron chi connectivity index (χ0n) is 19.5. The van der Waals surface area contributed by atoms with Crippen LogP contribution in [0.15, 0.2) is 42.9 Å². The number of alkyl halides is 3. The Balaban J connectivity index is 1.64. The third-order valence-electron chi connectivity index (χ3n) is 5.94. The van der Waals surface area contributed by atoms with Crippen LogP contribution in [0.25, 0.3) is 22.6 Å². The van der Waals surface area contributed by atoms with Gasteiger partial charge in [0.05, 0.1) is 35.3 Å². The lowest BCUT2D eigenvalue weighted by Gasteiger charge is -2.18. The Morgan fingerprint density at radius 3 is 2.65 bits per heavy atom. The number of pyridine rings is 1. The summed E-state index contributed by atoms with van der Waals surface area (Å²) in [5.41, 5.74) is 5.93. The maximum Gasteiger partial charge on any atom is 0.416 e. The van der Waals surface area contributed by atoms with E-state index in [-0.39, 0.29) is 35.8 Å². The number of primary amides is 1. The number of nitrogens with zero attached hydrogens (tertiary/aromatic N) is 7. The van der Waals surface area contributed by atoms with Crippen LogP contribution in [-0.2, 0) is 38.2 Å². The average molecular weight is 512 g/mol. The second-order valence-corrected chi connectivity index (χ2v) is 8.33. The Kier molecular flexibility index (Phi) is 5.65. The zero-order valence-corrected chi connectivity index (χ0v) is 19.5. The molecule has 0 saturated heterocycles. The van der Waals surface area contributed by atoms with Crippen molar-refractivity contribution < 1.29 is 27.5 Å². The van der Waals surface area contributed by atoms with Crippen molar-refractivity contribution >= 4 is 17.8 Å². The number of halogens is 3. The zero-order chi connectivity index (χ0) is 26.5. The van der Waals surface area contributed by atoms with Crippen molar-refractivity contribution in [3.05, 3.63) is 65.2 Å². The number of carbonyl (C=O) groups excluding carboxylic acids is 2. The van der Waals surface area contributed by atoms with Crippen LogP contribution in [0.4, 0.5) is 23.8 Å². The summed E-state index contributed by atoms with van der Waals surface area (Å²) in [5.74, 6) is -0.0538. The monoisotopic (exact) mass is 512 g/mol. The van der Waals surface area contributed by atoms with E-state index in [1.54, 1.807) is 41.7 Å². The van der Waals surface area contributed by atoms with Gasteiger partial charge in [-0.05, 0) is 29.8 Å². The summed E-state index contributed by atoms with van der Waals surface area (Å²) in [4.78, 5) is 30.0. The lowest BCUT2D eigenvalue weighted by atomic mass is 10.0. The van der Waals surface area contributed by atoms with Crippen molar-refractivity contribution in [2.24, 2.45) is 19.8 Å². The van der Waals surface area contributed by atoms with Crippen LogP contribution < -0.4 is 10.6 Å². The number of ether oxygens (including phenoxy) is 1. The van der Waals surface area contributed by atoms with E-state index in [1.165, 1.54) is 18.5 Å². The number of aryl methyl sites for hydroxylation is 2. The van der Waals surface area contributed by atoms with Crippen molar-refractivity contribution in [1.82, 2.24) is 29.5 Å². The largest absolute Gasteiger partial charge is 0.443 e. The van der Waals surface area contributed by atoms with Gasteiger partial charge in [-0.2, -0.15) is 18.3 Å². The summed E-state index contributed by atoms with van der Waals surface area (Å²) in [6.45, 7) is -0.659. The van der Waals surface area contributed by atoms with Gasteiger partial charge in [-0.3, -0.25) is 14.4 Å². The highest BCUT2D eigenvalue weighted by molar-refractivity contribution is 6.10. The molecule has 0 radical (unpaired) electrons. The Morgan fingerprint density at radius 1 is 1.19 bits per heavy atom. The van der Waals surface area contributed by atoms with Gasteiger partial charge in [0.2, 0.25) is 0 Å². The third kappa shape index (κ3) is 4.26. The number of hydrogen-bond acceptors (Lipinski definition) is 7. The molecule has 0 unspecified atom stereocenters. The van der Waals surface area contributed by atoms with Gasteiger partial charge < -0.3 is 15.0 Å². The van der Waals surface area contributed by atoms with Gasteiger partial charge >= 0.3 is 12.3 Å². The molecule has 1 aliphatic heterocycles. The average Bonchev–Trinajstić information content (AvgIpc) is 3.53. The fraction of sp³-hybridized carbons (Fsp3) is 0.217. The van der Waals surface area contributed by atoms with Gasteiger partial charge in [0, 0.05) is 25.2 Å². The van der Waals surface area contributed by atoms with Gasteiger partial charge in [0.25, 0.3) is 5.91 Å². The van der Waals surface area contributed by atoms with Crippen LogP contribution in [0.2, 0.25) is 0 Å². The summed E-state index contributed by atoms with van der Waals surface area (Å²) >= 11 is 0. The molecule has 4 heterocycles. The minimum absolute atomic E-state index is 0.0581. The highest BCUT2D eigenvalue weighted by atomic mass is 19.4. The maximum atomic E-state index is 13.6. The van der Waals surface area contributed by atoms with Crippen LogP contribution in [0.1, 0.15) is 27.2 Å². The van der Waals surface area contributed by atoms with Crippen LogP contribution >= 0.6 is 0 Å². The fourth-order valence-corrected chi connectivity index (χ4v) is 4.32. The minimum Gasteiger partial charge on any atom is -0.443 e. The molecule has 0 aliphatic carbocycles. The number of fused-ring (bicyclic) bond motifs is 1. The molecule has 14 heteroatoms. The van der Waals surface area contributed by atoms with Crippen molar-refractivity contribution in [2.75, 3.05) is 4.90 Å².